The monoisotopic (exact) mass is 247 g/mol. The van der Waals surface area contributed by atoms with Crippen molar-refractivity contribution in [3.8, 4) is 0 Å². The van der Waals surface area contributed by atoms with Gasteiger partial charge in [-0.15, -0.1) is 0 Å². The van der Waals surface area contributed by atoms with Gasteiger partial charge in [-0.25, -0.2) is 0 Å². The quantitative estimate of drug-likeness (QED) is 0.562. The summed E-state index contributed by atoms with van der Waals surface area (Å²) < 4.78 is 10.7. The molecule has 4 heteroatoms. The number of rotatable bonds is 11. The van der Waals surface area contributed by atoms with Gasteiger partial charge in [-0.2, -0.15) is 0 Å². The Balaban J connectivity index is 3.83. The molecule has 0 aromatic rings. The molecule has 4 nitrogen and oxygen atoms in total. The second kappa shape index (κ2) is 9.83. The van der Waals surface area contributed by atoms with Gasteiger partial charge in [-0.3, -0.25) is 4.90 Å². The summed E-state index contributed by atoms with van der Waals surface area (Å²) in [6.45, 7) is 13.4. The van der Waals surface area contributed by atoms with Gasteiger partial charge in [-0.1, -0.05) is 0 Å². The van der Waals surface area contributed by atoms with Crippen LogP contribution < -0.4 is 0 Å². The molecule has 0 aliphatic carbocycles. The van der Waals surface area contributed by atoms with Crippen LogP contribution >= 0.6 is 0 Å². The highest BCUT2D eigenvalue weighted by molar-refractivity contribution is 4.68. The molecular formula is C13H29NO3. The van der Waals surface area contributed by atoms with Crippen molar-refractivity contribution >= 4 is 0 Å². The summed E-state index contributed by atoms with van der Waals surface area (Å²) in [5.74, 6) is 0. The standard InChI is InChI=1S/C13H29NO3/c1-5-16-11-9-14(10-12-17-6-2)8-7-13(3,4)15/h15H,5-12H2,1-4H3. The van der Waals surface area contributed by atoms with Crippen molar-refractivity contribution in [2.24, 2.45) is 0 Å². The highest BCUT2D eigenvalue weighted by atomic mass is 16.5. The van der Waals surface area contributed by atoms with Crippen molar-refractivity contribution in [3.63, 3.8) is 0 Å². The molecule has 104 valence electrons. The van der Waals surface area contributed by atoms with Crippen LogP contribution in [-0.2, 0) is 9.47 Å². The summed E-state index contributed by atoms with van der Waals surface area (Å²) in [5, 5.41) is 9.72. The van der Waals surface area contributed by atoms with E-state index in [4.69, 9.17) is 9.47 Å². The Morgan fingerprint density at radius 2 is 1.41 bits per heavy atom. The molecule has 0 aromatic carbocycles. The van der Waals surface area contributed by atoms with Crippen LogP contribution in [0.1, 0.15) is 34.1 Å². The minimum atomic E-state index is -0.602. The van der Waals surface area contributed by atoms with Gasteiger partial charge in [0.1, 0.15) is 0 Å². The average Bonchev–Trinajstić information content (AvgIpc) is 2.24. The van der Waals surface area contributed by atoms with Crippen LogP contribution in [-0.4, -0.2) is 61.7 Å². The van der Waals surface area contributed by atoms with Crippen molar-refractivity contribution < 1.29 is 14.6 Å². The maximum Gasteiger partial charge on any atom is 0.0603 e. The van der Waals surface area contributed by atoms with E-state index in [2.05, 4.69) is 4.90 Å². The zero-order valence-corrected chi connectivity index (χ0v) is 11.9. The van der Waals surface area contributed by atoms with Gasteiger partial charge in [-0.05, 0) is 34.1 Å². The first-order chi connectivity index (χ1) is 7.99. The Hall–Kier alpha value is -0.160. The minimum absolute atomic E-state index is 0.602. The minimum Gasteiger partial charge on any atom is -0.390 e. The van der Waals surface area contributed by atoms with Gasteiger partial charge in [0, 0.05) is 32.8 Å². The van der Waals surface area contributed by atoms with E-state index in [0.717, 1.165) is 52.5 Å². The second-order valence-electron chi connectivity index (χ2n) is 4.80. The highest BCUT2D eigenvalue weighted by Crippen LogP contribution is 2.08. The molecule has 0 bridgehead atoms. The van der Waals surface area contributed by atoms with Gasteiger partial charge < -0.3 is 14.6 Å². The summed E-state index contributed by atoms with van der Waals surface area (Å²) >= 11 is 0. The Labute approximate surface area is 106 Å². The molecular weight excluding hydrogens is 218 g/mol. The van der Waals surface area contributed by atoms with Crippen LogP contribution in [0.4, 0.5) is 0 Å². The summed E-state index contributed by atoms with van der Waals surface area (Å²) in [5.41, 5.74) is -0.602. The first kappa shape index (κ1) is 16.8. The number of nitrogens with zero attached hydrogens (tertiary/aromatic N) is 1. The summed E-state index contributed by atoms with van der Waals surface area (Å²) in [7, 11) is 0. The smallest absolute Gasteiger partial charge is 0.0603 e. The van der Waals surface area contributed by atoms with Crippen LogP contribution in [0.5, 0.6) is 0 Å². The Morgan fingerprint density at radius 3 is 1.76 bits per heavy atom. The number of ether oxygens (including phenoxy) is 2. The molecule has 0 aromatic heterocycles. The third-order valence-electron chi connectivity index (χ3n) is 2.55. The van der Waals surface area contributed by atoms with E-state index < -0.39 is 5.60 Å². The second-order valence-corrected chi connectivity index (χ2v) is 4.80. The zero-order valence-electron chi connectivity index (χ0n) is 11.9. The van der Waals surface area contributed by atoms with Gasteiger partial charge in [0.25, 0.3) is 0 Å². The molecule has 0 rings (SSSR count). The van der Waals surface area contributed by atoms with Gasteiger partial charge in [0.2, 0.25) is 0 Å². The molecule has 0 fully saturated rings. The lowest BCUT2D eigenvalue weighted by Gasteiger charge is -2.26. The highest BCUT2D eigenvalue weighted by Gasteiger charge is 2.14. The fourth-order valence-electron chi connectivity index (χ4n) is 1.44. The van der Waals surface area contributed by atoms with Crippen LogP contribution in [0.25, 0.3) is 0 Å². The largest absolute Gasteiger partial charge is 0.390 e. The topological polar surface area (TPSA) is 41.9 Å². The van der Waals surface area contributed by atoms with Gasteiger partial charge >= 0.3 is 0 Å². The molecule has 0 aliphatic heterocycles. The number of aliphatic hydroxyl groups is 1. The average molecular weight is 247 g/mol. The van der Waals surface area contributed by atoms with E-state index in [1.807, 2.05) is 27.7 Å². The first-order valence-corrected chi connectivity index (χ1v) is 6.59. The fraction of sp³-hybridized carbons (Fsp3) is 1.00. The van der Waals surface area contributed by atoms with E-state index in [1.54, 1.807) is 0 Å². The van der Waals surface area contributed by atoms with Crippen LogP contribution in [0.2, 0.25) is 0 Å². The Bertz CT molecular complexity index is 159. The first-order valence-electron chi connectivity index (χ1n) is 6.59. The molecule has 0 aliphatic rings. The van der Waals surface area contributed by atoms with Crippen molar-refractivity contribution in [1.82, 2.24) is 4.90 Å². The van der Waals surface area contributed by atoms with E-state index in [0.29, 0.717) is 0 Å². The van der Waals surface area contributed by atoms with E-state index in [9.17, 15) is 5.11 Å². The number of hydrogen-bond donors (Lipinski definition) is 1. The molecule has 0 heterocycles. The third kappa shape index (κ3) is 12.1. The molecule has 1 N–H and O–H groups in total. The van der Waals surface area contributed by atoms with Crippen molar-refractivity contribution in [3.05, 3.63) is 0 Å². The molecule has 17 heavy (non-hydrogen) atoms. The van der Waals surface area contributed by atoms with Crippen LogP contribution in [0, 0.1) is 0 Å². The normalized spacial score (nSPS) is 12.4. The predicted molar refractivity (Wildman–Crippen MR) is 70.3 cm³/mol. The lowest BCUT2D eigenvalue weighted by Crippen LogP contribution is -2.35. The van der Waals surface area contributed by atoms with Crippen molar-refractivity contribution in [2.75, 3.05) is 46.1 Å². The van der Waals surface area contributed by atoms with E-state index >= 15 is 0 Å². The SMILES string of the molecule is CCOCCN(CCOCC)CCC(C)(C)O. The molecule has 0 atom stereocenters. The Kier molecular flexibility index (Phi) is 9.74. The lowest BCUT2D eigenvalue weighted by atomic mass is 10.1. The molecule has 0 spiro atoms. The van der Waals surface area contributed by atoms with Gasteiger partial charge in [0.15, 0.2) is 0 Å². The lowest BCUT2D eigenvalue weighted by molar-refractivity contribution is 0.0409. The van der Waals surface area contributed by atoms with E-state index in [-0.39, 0.29) is 0 Å². The van der Waals surface area contributed by atoms with E-state index in [1.165, 1.54) is 0 Å². The van der Waals surface area contributed by atoms with Crippen LogP contribution in [0.3, 0.4) is 0 Å². The number of hydrogen-bond acceptors (Lipinski definition) is 4. The maximum atomic E-state index is 9.72. The zero-order chi connectivity index (χ0) is 13.1. The molecule has 0 radical (unpaired) electrons. The third-order valence-corrected chi connectivity index (χ3v) is 2.55. The summed E-state index contributed by atoms with van der Waals surface area (Å²) in [6, 6.07) is 0. The van der Waals surface area contributed by atoms with Gasteiger partial charge in [0.05, 0.1) is 18.8 Å². The molecule has 0 unspecified atom stereocenters. The van der Waals surface area contributed by atoms with Crippen molar-refractivity contribution in [2.45, 2.75) is 39.7 Å². The Morgan fingerprint density at radius 1 is 0.941 bits per heavy atom. The summed E-state index contributed by atoms with van der Waals surface area (Å²) in [4.78, 5) is 2.28. The predicted octanol–water partition coefficient (Wildman–Crippen LogP) is 1.52. The molecule has 0 saturated carbocycles. The molecule has 0 amide bonds. The fourth-order valence-corrected chi connectivity index (χ4v) is 1.44. The van der Waals surface area contributed by atoms with Crippen LogP contribution in [0.15, 0.2) is 0 Å². The molecule has 0 saturated heterocycles. The maximum absolute atomic E-state index is 9.72. The van der Waals surface area contributed by atoms with Crippen molar-refractivity contribution in [1.29, 1.82) is 0 Å². The summed E-state index contributed by atoms with van der Waals surface area (Å²) in [6.07, 6.45) is 0.769.